The number of carbonyl (C=O) groups excluding carboxylic acids is 1. The standard InChI is InChI=1S/C12H14ClFN2O3/c1-8(4-5-13)7-15-12(17)10-6-9(14)2-3-11(10)16(18)19/h2-3,6,8H,4-5,7H2,1H3,(H,15,17). The van der Waals surface area contributed by atoms with E-state index < -0.39 is 22.3 Å². The molecule has 1 N–H and O–H groups in total. The van der Waals surface area contributed by atoms with Gasteiger partial charge in [0.25, 0.3) is 11.6 Å². The molecule has 5 nitrogen and oxygen atoms in total. The van der Waals surface area contributed by atoms with Gasteiger partial charge in [-0.2, -0.15) is 0 Å². The van der Waals surface area contributed by atoms with Crippen molar-refractivity contribution in [3.63, 3.8) is 0 Å². The fraction of sp³-hybridized carbons (Fsp3) is 0.417. The van der Waals surface area contributed by atoms with Crippen LogP contribution < -0.4 is 5.32 Å². The largest absolute Gasteiger partial charge is 0.352 e. The second-order valence-electron chi connectivity index (χ2n) is 4.21. The van der Waals surface area contributed by atoms with Gasteiger partial charge in [0.1, 0.15) is 11.4 Å². The van der Waals surface area contributed by atoms with Gasteiger partial charge in [-0.15, -0.1) is 11.6 Å². The molecule has 1 atom stereocenters. The number of nitro benzene ring substituents is 1. The predicted octanol–water partition coefficient (Wildman–Crippen LogP) is 2.73. The number of carbonyl (C=O) groups is 1. The maximum Gasteiger partial charge on any atom is 0.282 e. The van der Waals surface area contributed by atoms with Crippen molar-refractivity contribution in [1.82, 2.24) is 5.32 Å². The third kappa shape index (κ3) is 4.48. The molecule has 0 saturated heterocycles. The summed E-state index contributed by atoms with van der Waals surface area (Å²) in [6.45, 7) is 2.22. The molecule has 7 heteroatoms. The monoisotopic (exact) mass is 288 g/mol. The summed E-state index contributed by atoms with van der Waals surface area (Å²) in [6.07, 6.45) is 0.715. The number of hydrogen-bond donors (Lipinski definition) is 1. The molecular weight excluding hydrogens is 275 g/mol. The SMILES string of the molecule is CC(CCCl)CNC(=O)c1cc(F)ccc1[N+](=O)[O-]. The summed E-state index contributed by atoms with van der Waals surface area (Å²) >= 11 is 5.56. The maximum absolute atomic E-state index is 13.1. The molecule has 19 heavy (non-hydrogen) atoms. The number of benzene rings is 1. The first-order valence-corrected chi connectivity index (χ1v) is 6.27. The van der Waals surface area contributed by atoms with Gasteiger partial charge in [0, 0.05) is 18.5 Å². The van der Waals surface area contributed by atoms with E-state index in [1.165, 1.54) is 0 Å². The number of nitrogens with zero attached hydrogens (tertiary/aromatic N) is 1. The van der Waals surface area contributed by atoms with Crippen molar-refractivity contribution in [3.05, 3.63) is 39.7 Å². The number of rotatable bonds is 6. The van der Waals surface area contributed by atoms with Gasteiger partial charge in [0.05, 0.1) is 4.92 Å². The quantitative estimate of drug-likeness (QED) is 0.497. The molecule has 0 aliphatic rings. The summed E-state index contributed by atoms with van der Waals surface area (Å²) in [5, 5.41) is 13.3. The van der Waals surface area contributed by atoms with E-state index in [-0.39, 0.29) is 11.5 Å². The van der Waals surface area contributed by atoms with Crippen LogP contribution in [-0.2, 0) is 0 Å². The molecule has 0 aliphatic heterocycles. The predicted molar refractivity (Wildman–Crippen MR) is 69.9 cm³/mol. The fourth-order valence-electron chi connectivity index (χ4n) is 1.50. The number of hydrogen-bond acceptors (Lipinski definition) is 3. The number of nitro groups is 1. The number of halogens is 2. The summed E-state index contributed by atoms with van der Waals surface area (Å²) in [5.41, 5.74) is -0.688. The summed E-state index contributed by atoms with van der Waals surface area (Å²) in [7, 11) is 0. The Morgan fingerprint density at radius 1 is 1.58 bits per heavy atom. The molecular formula is C12H14ClFN2O3. The smallest absolute Gasteiger partial charge is 0.282 e. The van der Waals surface area contributed by atoms with E-state index in [0.717, 1.165) is 18.2 Å². The Hall–Kier alpha value is -1.69. The molecule has 0 aliphatic carbocycles. The molecule has 1 rings (SSSR count). The summed E-state index contributed by atoms with van der Waals surface area (Å²) in [4.78, 5) is 21.9. The van der Waals surface area contributed by atoms with Crippen molar-refractivity contribution >= 4 is 23.2 Å². The van der Waals surface area contributed by atoms with Crippen LogP contribution in [0.5, 0.6) is 0 Å². The highest BCUT2D eigenvalue weighted by Crippen LogP contribution is 2.19. The maximum atomic E-state index is 13.1. The number of nitrogens with one attached hydrogen (secondary N) is 1. The van der Waals surface area contributed by atoms with Gasteiger partial charge in [-0.25, -0.2) is 4.39 Å². The zero-order valence-electron chi connectivity index (χ0n) is 10.4. The summed E-state index contributed by atoms with van der Waals surface area (Å²) in [5.74, 6) is -0.733. The molecule has 1 aromatic carbocycles. The first-order valence-electron chi connectivity index (χ1n) is 5.73. The van der Waals surface area contributed by atoms with Crippen molar-refractivity contribution in [3.8, 4) is 0 Å². The van der Waals surface area contributed by atoms with Crippen LogP contribution in [0, 0.1) is 21.8 Å². The number of alkyl halides is 1. The first-order chi connectivity index (χ1) is 8.95. The highest BCUT2D eigenvalue weighted by molar-refractivity contribution is 6.17. The van der Waals surface area contributed by atoms with Gasteiger partial charge < -0.3 is 5.32 Å². The van der Waals surface area contributed by atoms with Crippen molar-refractivity contribution in [2.75, 3.05) is 12.4 Å². The Bertz CT molecular complexity index is 482. The molecule has 0 aromatic heterocycles. The highest BCUT2D eigenvalue weighted by Gasteiger charge is 2.20. The van der Waals surface area contributed by atoms with Crippen LogP contribution in [0.1, 0.15) is 23.7 Å². The minimum Gasteiger partial charge on any atom is -0.352 e. The lowest BCUT2D eigenvalue weighted by molar-refractivity contribution is -0.385. The van der Waals surface area contributed by atoms with Crippen molar-refractivity contribution in [1.29, 1.82) is 0 Å². The van der Waals surface area contributed by atoms with Crippen LogP contribution in [0.25, 0.3) is 0 Å². The van der Waals surface area contributed by atoms with Gasteiger partial charge >= 0.3 is 0 Å². The van der Waals surface area contributed by atoms with Gasteiger partial charge in [0.15, 0.2) is 0 Å². The Morgan fingerprint density at radius 2 is 2.26 bits per heavy atom. The summed E-state index contributed by atoms with van der Waals surface area (Å²) < 4.78 is 13.1. The lowest BCUT2D eigenvalue weighted by Gasteiger charge is -2.11. The van der Waals surface area contributed by atoms with Crippen LogP contribution in [-0.4, -0.2) is 23.3 Å². The van der Waals surface area contributed by atoms with Gasteiger partial charge in [-0.3, -0.25) is 14.9 Å². The van der Waals surface area contributed by atoms with Crippen molar-refractivity contribution < 1.29 is 14.1 Å². The lowest BCUT2D eigenvalue weighted by atomic mass is 10.1. The Morgan fingerprint density at radius 3 is 2.84 bits per heavy atom. The van der Waals surface area contributed by atoms with Crippen molar-refractivity contribution in [2.45, 2.75) is 13.3 Å². The van der Waals surface area contributed by atoms with E-state index in [4.69, 9.17) is 11.6 Å². The Balaban J connectivity index is 2.81. The second-order valence-corrected chi connectivity index (χ2v) is 4.59. The molecule has 0 fully saturated rings. The van der Waals surface area contributed by atoms with Crippen LogP contribution in [0.2, 0.25) is 0 Å². The van der Waals surface area contributed by atoms with Crippen LogP contribution in [0.4, 0.5) is 10.1 Å². The van der Waals surface area contributed by atoms with Crippen LogP contribution in [0.15, 0.2) is 18.2 Å². The molecule has 0 saturated carbocycles. The summed E-state index contributed by atoms with van der Waals surface area (Å²) in [6, 6.07) is 2.79. The zero-order valence-corrected chi connectivity index (χ0v) is 11.1. The third-order valence-electron chi connectivity index (χ3n) is 2.61. The van der Waals surface area contributed by atoms with Crippen molar-refractivity contribution in [2.24, 2.45) is 5.92 Å². The molecule has 104 valence electrons. The molecule has 1 aromatic rings. The molecule has 1 unspecified atom stereocenters. The van der Waals surface area contributed by atoms with E-state index >= 15 is 0 Å². The molecule has 0 spiro atoms. The van der Waals surface area contributed by atoms with Crippen LogP contribution in [0.3, 0.4) is 0 Å². The minimum absolute atomic E-state index is 0.147. The van der Waals surface area contributed by atoms with E-state index in [1.807, 2.05) is 6.92 Å². The average molecular weight is 289 g/mol. The van der Waals surface area contributed by atoms with E-state index in [2.05, 4.69) is 5.32 Å². The Labute approximate surface area is 114 Å². The fourth-order valence-corrected chi connectivity index (χ4v) is 1.87. The normalized spacial score (nSPS) is 11.9. The molecule has 0 bridgehead atoms. The lowest BCUT2D eigenvalue weighted by Crippen LogP contribution is -2.29. The Kier molecular flexibility index (Phi) is 5.69. The topological polar surface area (TPSA) is 72.2 Å². The highest BCUT2D eigenvalue weighted by atomic mass is 35.5. The second kappa shape index (κ2) is 7.04. The minimum atomic E-state index is -0.712. The number of amides is 1. The average Bonchev–Trinajstić information content (AvgIpc) is 2.35. The van der Waals surface area contributed by atoms with Gasteiger partial charge in [-0.05, 0) is 24.5 Å². The van der Waals surface area contributed by atoms with E-state index in [1.54, 1.807) is 0 Å². The van der Waals surface area contributed by atoms with Crippen LogP contribution >= 0.6 is 11.6 Å². The zero-order chi connectivity index (χ0) is 14.4. The van der Waals surface area contributed by atoms with Gasteiger partial charge in [0.2, 0.25) is 0 Å². The molecule has 1 amide bonds. The third-order valence-corrected chi connectivity index (χ3v) is 2.83. The van der Waals surface area contributed by atoms with Gasteiger partial charge in [-0.1, -0.05) is 6.92 Å². The van der Waals surface area contributed by atoms with E-state index in [0.29, 0.717) is 18.8 Å². The molecule has 0 radical (unpaired) electrons. The first kappa shape index (κ1) is 15.4. The van der Waals surface area contributed by atoms with E-state index in [9.17, 15) is 19.3 Å². The molecule has 0 heterocycles.